The van der Waals surface area contributed by atoms with Gasteiger partial charge in [-0.25, -0.2) is 4.98 Å². The Morgan fingerprint density at radius 1 is 1.32 bits per heavy atom. The van der Waals surface area contributed by atoms with Crippen molar-refractivity contribution in [3.8, 4) is 11.3 Å². The number of carbonyl (C=O) groups is 1. The van der Waals surface area contributed by atoms with Crippen molar-refractivity contribution in [2.45, 2.75) is 0 Å². The molecule has 1 aromatic heterocycles. The van der Waals surface area contributed by atoms with E-state index in [0.717, 1.165) is 17.8 Å². The third-order valence-corrected chi connectivity index (χ3v) is 3.44. The first kappa shape index (κ1) is 11.9. The first-order valence-electron chi connectivity index (χ1n) is 5.93. The molecule has 0 radical (unpaired) electrons. The molecule has 0 spiro atoms. The predicted molar refractivity (Wildman–Crippen MR) is 76.5 cm³/mol. The number of carbonyl (C=O) groups excluding carboxylic acids is 1. The van der Waals surface area contributed by atoms with Crippen LogP contribution in [0.5, 0.6) is 0 Å². The van der Waals surface area contributed by atoms with E-state index >= 15 is 0 Å². The third-order valence-electron chi connectivity index (χ3n) is 2.68. The smallest absolute Gasteiger partial charge is 0.292 e. The second-order valence-corrected chi connectivity index (χ2v) is 4.87. The molecule has 0 fully saturated rings. The minimum atomic E-state index is -0.230. The molecule has 0 aliphatic carbocycles. The molecule has 3 rings (SSSR count). The Morgan fingerprint density at radius 2 is 2.16 bits per heavy atom. The van der Waals surface area contributed by atoms with Crippen LogP contribution in [0.4, 0.5) is 5.13 Å². The van der Waals surface area contributed by atoms with Crippen LogP contribution >= 0.6 is 11.3 Å². The van der Waals surface area contributed by atoms with E-state index in [9.17, 15) is 4.79 Å². The fourth-order valence-electron chi connectivity index (χ4n) is 1.78. The maximum absolute atomic E-state index is 11.8. The summed E-state index contributed by atoms with van der Waals surface area (Å²) < 4.78 is 0. The zero-order chi connectivity index (χ0) is 13.1. The minimum Gasteiger partial charge on any atom is -0.364 e. The molecular formula is C13H12N4OS. The van der Waals surface area contributed by atoms with Crippen molar-refractivity contribution in [1.29, 1.82) is 0 Å². The number of amidine groups is 1. The van der Waals surface area contributed by atoms with Gasteiger partial charge in [0, 0.05) is 17.5 Å². The average molecular weight is 272 g/mol. The van der Waals surface area contributed by atoms with E-state index < -0.39 is 0 Å². The van der Waals surface area contributed by atoms with Gasteiger partial charge in [-0.05, 0) is 0 Å². The van der Waals surface area contributed by atoms with Crippen molar-refractivity contribution in [3.63, 3.8) is 0 Å². The normalized spacial score (nSPS) is 13.8. The molecule has 2 heterocycles. The van der Waals surface area contributed by atoms with Crippen LogP contribution in [0.1, 0.15) is 0 Å². The Bertz CT molecular complexity index is 621. The van der Waals surface area contributed by atoms with E-state index in [1.54, 1.807) is 0 Å². The molecule has 1 aromatic carbocycles. The third kappa shape index (κ3) is 2.63. The number of aliphatic imine (C=N–C) groups is 1. The topological polar surface area (TPSA) is 66.4 Å². The largest absolute Gasteiger partial charge is 0.364 e. The van der Waals surface area contributed by atoms with E-state index in [1.165, 1.54) is 11.3 Å². The Hall–Kier alpha value is -2.21. The first-order chi connectivity index (χ1) is 9.33. The van der Waals surface area contributed by atoms with Crippen LogP contribution in [0.2, 0.25) is 0 Å². The lowest BCUT2D eigenvalue weighted by Crippen LogP contribution is -2.32. The standard InChI is InChI=1S/C13H12N4OS/c18-12(11-14-6-7-15-11)17-13-16-10(8-19-13)9-4-2-1-3-5-9/h1-5,8H,6-7H2,(H,14,15)(H,16,17,18). The highest BCUT2D eigenvalue weighted by Crippen LogP contribution is 2.24. The summed E-state index contributed by atoms with van der Waals surface area (Å²) >= 11 is 1.41. The summed E-state index contributed by atoms with van der Waals surface area (Å²) in [6.07, 6.45) is 0. The second kappa shape index (κ2) is 5.19. The number of nitrogens with one attached hydrogen (secondary N) is 2. The van der Waals surface area contributed by atoms with E-state index in [-0.39, 0.29) is 5.91 Å². The predicted octanol–water partition coefficient (Wildman–Crippen LogP) is 1.75. The van der Waals surface area contributed by atoms with E-state index in [2.05, 4.69) is 20.6 Å². The SMILES string of the molecule is O=C(Nc1nc(-c2ccccc2)cs1)C1=NCCN1. The van der Waals surface area contributed by atoms with Gasteiger partial charge in [0.25, 0.3) is 5.91 Å². The van der Waals surface area contributed by atoms with Gasteiger partial charge in [-0.2, -0.15) is 0 Å². The van der Waals surface area contributed by atoms with E-state index in [4.69, 9.17) is 0 Å². The molecule has 0 unspecified atom stereocenters. The summed E-state index contributed by atoms with van der Waals surface area (Å²) in [4.78, 5) is 20.3. The van der Waals surface area contributed by atoms with Crippen molar-refractivity contribution in [3.05, 3.63) is 35.7 Å². The van der Waals surface area contributed by atoms with Crippen molar-refractivity contribution in [2.75, 3.05) is 18.4 Å². The lowest BCUT2D eigenvalue weighted by atomic mass is 10.2. The van der Waals surface area contributed by atoms with Crippen LogP contribution in [0.15, 0.2) is 40.7 Å². The molecule has 19 heavy (non-hydrogen) atoms. The number of hydrogen-bond acceptors (Lipinski definition) is 5. The molecule has 1 aliphatic rings. The van der Waals surface area contributed by atoms with Crippen LogP contribution in [-0.4, -0.2) is 29.8 Å². The second-order valence-electron chi connectivity index (χ2n) is 4.02. The Kier molecular flexibility index (Phi) is 3.24. The maximum atomic E-state index is 11.8. The Labute approximate surface area is 114 Å². The van der Waals surface area contributed by atoms with Crippen molar-refractivity contribution in [1.82, 2.24) is 10.3 Å². The van der Waals surface area contributed by atoms with Gasteiger partial charge >= 0.3 is 0 Å². The molecule has 6 heteroatoms. The summed E-state index contributed by atoms with van der Waals surface area (Å²) in [5.74, 6) is 0.155. The summed E-state index contributed by atoms with van der Waals surface area (Å²) in [6, 6.07) is 9.86. The van der Waals surface area contributed by atoms with Gasteiger partial charge in [0.1, 0.15) is 0 Å². The number of benzene rings is 1. The van der Waals surface area contributed by atoms with Crippen LogP contribution < -0.4 is 10.6 Å². The van der Waals surface area contributed by atoms with Crippen LogP contribution in [0.3, 0.4) is 0 Å². The number of thiazole rings is 1. The van der Waals surface area contributed by atoms with E-state index in [1.807, 2.05) is 35.7 Å². The lowest BCUT2D eigenvalue weighted by molar-refractivity contribution is -0.110. The lowest BCUT2D eigenvalue weighted by Gasteiger charge is -2.01. The molecule has 2 aromatic rings. The number of rotatable bonds is 3. The molecule has 5 nitrogen and oxygen atoms in total. The highest BCUT2D eigenvalue weighted by molar-refractivity contribution is 7.14. The van der Waals surface area contributed by atoms with Crippen molar-refractivity contribution < 1.29 is 4.79 Å². The van der Waals surface area contributed by atoms with Gasteiger partial charge in [-0.15, -0.1) is 11.3 Å². The summed E-state index contributed by atoms with van der Waals surface area (Å²) in [5.41, 5.74) is 1.90. The van der Waals surface area contributed by atoms with Gasteiger partial charge in [0.05, 0.1) is 12.2 Å². The molecular weight excluding hydrogens is 260 g/mol. The molecule has 2 N–H and O–H groups in total. The first-order valence-corrected chi connectivity index (χ1v) is 6.81. The van der Waals surface area contributed by atoms with Crippen molar-refractivity contribution >= 4 is 28.2 Å². The molecule has 96 valence electrons. The maximum Gasteiger partial charge on any atom is 0.292 e. The molecule has 0 bridgehead atoms. The van der Waals surface area contributed by atoms with Crippen LogP contribution in [0, 0.1) is 0 Å². The number of aromatic nitrogens is 1. The van der Waals surface area contributed by atoms with Gasteiger partial charge in [0.2, 0.25) is 0 Å². The van der Waals surface area contributed by atoms with Crippen molar-refractivity contribution in [2.24, 2.45) is 4.99 Å². The van der Waals surface area contributed by atoms with Gasteiger partial charge < -0.3 is 5.32 Å². The van der Waals surface area contributed by atoms with Gasteiger partial charge in [-0.1, -0.05) is 30.3 Å². The summed E-state index contributed by atoms with van der Waals surface area (Å²) in [6.45, 7) is 1.37. The molecule has 0 saturated carbocycles. The number of hydrogen-bond donors (Lipinski definition) is 2. The number of amides is 1. The molecule has 0 atom stereocenters. The fraction of sp³-hybridized carbons (Fsp3) is 0.154. The zero-order valence-electron chi connectivity index (χ0n) is 10.1. The zero-order valence-corrected chi connectivity index (χ0v) is 10.9. The van der Waals surface area contributed by atoms with Crippen LogP contribution in [-0.2, 0) is 4.79 Å². The van der Waals surface area contributed by atoms with E-state index in [0.29, 0.717) is 17.5 Å². The van der Waals surface area contributed by atoms with Gasteiger partial charge in [-0.3, -0.25) is 15.1 Å². The average Bonchev–Trinajstić information content (AvgIpc) is 3.11. The summed E-state index contributed by atoms with van der Waals surface area (Å²) in [5, 5.41) is 8.19. The Balaban J connectivity index is 1.73. The Morgan fingerprint density at radius 3 is 2.89 bits per heavy atom. The molecule has 1 aliphatic heterocycles. The summed E-state index contributed by atoms with van der Waals surface area (Å²) in [7, 11) is 0. The molecule has 0 saturated heterocycles. The molecule has 1 amide bonds. The van der Waals surface area contributed by atoms with Gasteiger partial charge in [0.15, 0.2) is 11.0 Å². The highest BCUT2D eigenvalue weighted by atomic mass is 32.1. The van der Waals surface area contributed by atoms with Crippen LogP contribution in [0.25, 0.3) is 11.3 Å². The minimum absolute atomic E-state index is 0.230. The number of anilines is 1. The fourth-order valence-corrected chi connectivity index (χ4v) is 2.49. The quantitative estimate of drug-likeness (QED) is 0.894. The monoisotopic (exact) mass is 272 g/mol. The highest BCUT2D eigenvalue weighted by Gasteiger charge is 2.16. The number of nitrogens with zero attached hydrogens (tertiary/aromatic N) is 2.